The average molecular weight is 262 g/mol. The quantitative estimate of drug-likeness (QED) is 0.874. The lowest BCUT2D eigenvalue weighted by atomic mass is 10.1. The van der Waals surface area contributed by atoms with Gasteiger partial charge in [-0.3, -0.25) is 4.79 Å². The van der Waals surface area contributed by atoms with Gasteiger partial charge in [-0.15, -0.1) is 0 Å². The van der Waals surface area contributed by atoms with Crippen molar-refractivity contribution in [1.29, 1.82) is 0 Å². The minimum Gasteiger partial charge on any atom is -0.508 e. The number of rotatable bonds is 4. The first-order valence-corrected chi connectivity index (χ1v) is 6.95. The van der Waals surface area contributed by atoms with E-state index in [2.05, 4.69) is 5.32 Å². The largest absolute Gasteiger partial charge is 0.508 e. The van der Waals surface area contributed by atoms with Crippen molar-refractivity contribution in [2.24, 2.45) is 0 Å². The molecule has 1 unspecified atom stereocenters. The Hall–Kier alpha value is -1.55. The van der Waals surface area contributed by atoms with Crippen LogP contribution in [0.15, 0.2) is 18.2 Å². The maximum absolute atomic E-state index is 12.4. The lowest BCUT2D eigenvalue weighted by Gasteiger charge is -2.24. The number of hydrogen-bond acceptors (Lipinski definition) is 3. The van der Waals surface area contributed by atoms with Crippen LogP contribution in [0.2, 0.25) is 0 Å². The molecule has 1 fully saturated rings. The zero-order valence-electron chi connectivity index (χ0n) is 11.6. The van der Waals surface area contributed by atoms with Crippen molar-refractivity contribution in [1.82, 2.24) is 5.32 Å². The molecule has 0 aromatic heterocycles. The Morgan fingerprint density at radius 3 is 2.95 bits per heavy atom. The number of carbonyl (C=O) groups is 1. The molecule has 0 radical (unpaired) electrons. The Balaban J connectivity index is 2.13. The molecule has 1 aliphatic heterocycles. The monoisotopic (exact) mass is 262 g/mol. The van der Waals surface area contributed by atoms with Gasteiger partial charge in [0, 0.05) is 25.1 Å². The fraction of sp³-hybridized carbons (Fsp3) is 0.533. The van der Waals surface area contributed by atoms with Crippen molar-refractivity contribution in [3.63, 3.8) is 0 Å². The second-order valence-electron chi connectivity index (χ2n) is 5.11. The van der Waals surface area contributed by atoms with Crippen LogP contribution < -0.4 is 10.2 Å². The minimum atomic E-state index is 0.121. The highest BCUT2D eigenvalue weighted by Gasteiger charge is 2.22. The molecular formula is C15H22N2O2. The molecule has 1 aromatic rings. The fourth-order valence-electron chi connectivity index (χ4n) is 2.62. The summed E-state index contributed by atoms with van der Waals surface area (Å²) in [7, 11) is 0. The molecule has 2 N–H and O–H groups in total. The van der Waals surface area contributed by atoms with Gasteiger partial charge < -0.3 is 15.3 Å². The molecule has 1 aromatic carbocycles. The van der Waals surface area contributed by atoms with Gasteiger partial charge in [0.1, 0.15) is 5.75 Å². The smallest absolute Gasteiger partial charge is 0.228 e. The number of amides is 1. The van der Waals surface area contributed by atoms with Crippen molar-refractivity contribution in [2.45, 2.75) is 39.2 Å². The average Bonchev–Trinajstić information content (AvgIpc) is 2.87. The molecule has 0 spiro atoms. The van der Waals surface area contributed by atoms with Gasteiger partial charge in [0.2, 0.25) is 5.91 Å². The number of hydrogen-bond donors (Lipinski definition) is 2. The molecule has 4 nitrogen and oxygen atoms in total. The minimum absolute atomic E-state index is 0.121. The molecule has 1 saturated heterocycles. The third kappa shape index (κ3) is 3.26. The van der Waals surface area contributed by atoms with E-state index in [9.17, 15) is 9.90 Å². The van der Waals surface area contributed by atoms with E-state index in [1.807, 2.05) is 19.9 Å². The number of carbonyl (C=O) groups excluding carboxylic acids is 1. The summed E-state index contributed by atoms with van der Waals surface area (Å²) < 4.78 is 0. The molecule has 1 amide bonds. The SMILES string of the molecule is CCN(C(=O)CC1CCCN1)c1cc(O)ccc1C. The Kier molecular flexibility index (Phi) is 4.43. The summed E-state index contributed by atoms with van der Waals surface area (Å²) in [4.78, 5) is 14.2. The van der Waals surface area contributed by atoms with E-state index in [1.165, 1.54) is 0 Å². The third-order valence-corrected chi connectivity index (χ3v) is 3.68. The van der Waals surface area contributed by atoms with Crippen molar-refractivity contribution >= 4 is 11.6 Å². The molecule has 19 heavy (non-hydrogen) atoms. The lowest BCUT2D eigenvalue weighted by Crippen LogP contribution is -2.36. The van der Waals surface area contributed by atoms with E-state index in [0.717, 1.165) is 30.6 Å². The van der Waals surface area contributed by atoms with Crippen LogP contribution in [-0.4, -0.2) is 30.1 Å². The van der Waals surface area contributed by atoms with E-state index in [4.69, 9.17) is 0 Å². The van der Waals surface area contributed by atoms with Crippen LogP contribution in [-0.2, 0) is 4.79 Å². The standard InChI is InChI=1S/C15H22N2O2/c1-3-17(14-10-13(18)7-6-11(14)2)15(19)9-12-5-4-8-16-12/h6-7,10,12,16,18H,3-5,8-9H2,1-2H3. The summed E-state index contributed by atoms with van der Waals surface area (Å²) >= 11 is 0. The van der Waals surface area contributed by atoms with Gasteiger partial charge in [-0.25, -0.2) is 0 Å². The van der Waals surface area contributed by atoms with Crippen molar-refractivity contribution in [3.8, 4) is 5.75 Å². The molecular weight excluding hydrogens is 240 g/mol. The third-order valence-electron chi connectivity index (χ3n) is 3.68. The van der Waals surface area contributed by atoms with E-state index >= 15 is 0 Å². The Morgan fingerprint density at radius 1 is 1.53 bits per heavy atom. The topological polar surface area (TPSA) is 52.6 Å². The Bertz CT molecular complexity index is 453. The van der Waals surface area contributed by atoms with Crippen LogP contribution in [0, 0.1) is 6.92 Å². The van der Waals surface area contributed by atoms with E-state index in [-0.39, 0.29) is 11.7 Å². The molecule has 1 atom stereocenters. The maximum atomic E-state index is 12.4. The highest BCUT2D eigenvalue weighted by atomic mass is 16.3. The van der Waals surface area contributed by atoms with Gasteiger partial charge in [-0.1, -0.05) is 6.07 Å². The van der Waals surface area contributed by atoms with Crippen LogP contribution in [0.3, 0.4) is 0 Å². The van der Waals surface area contributed by atoms with Crippen LogP contribution in [0.25, 0.3) is 0 Å². The molecule has 0 aliphatic carbocycles. The highest BCUT2D eigenvalue weighted by molar-refractivity contribution is 5.94. The first kappa shape index (κ1) is 13.9. The second kappa shape index (κ2) is 6.06. The second-order valence-corrected chi connectivity index (χ2v) is 5.11. The number of nitrogens with one attached hydrogen (secondary N) is 1. The summed E-state index contributed by atoms with van der Waals surface area (Å²) in [6, 6.07) is 5.46. The van der Waals surface area contributed by atoms with Crippen molar-refractivity contribution in [2.75, 3.05) is 18.0 Å². The molecule has 1 heterocycles. The Labute approximate surface area is 114 Å². The number of benzene rings is 1. The summed E-state index contributed by atoms with van der Waals surface area (Å²) in [6.45, 7) is 5.55. The molecule has 0 saturated carbocycles. The summed E-state index contributed by atoms with van der Waals surface area (Å²) in [5.41, 5.74) is 1.82. The molecule has 0 bridgehead atoms. The van der Waals surface area contributed by atoms with Gasteiger partial charge in [0.05, 0.1) is 5.69 Å². The predicted octanol–water partition coefficient (Wildman–Crippen LogP) is 2.20. The number of aromatic hydroxyl groups is 1. The number of nitrogens with zero attached hydrogens (tertiary/aromatic N) is 1. The van der Waals surface area contributed by atoms with E-state index in [0.29, 0.717) is 19.0 Å². The lowest BCUT2D eigenvalue weighted by molar-refractivity contribution is -0.119. The normalized spacial score (nSPS) is 18.5. The zero-order valence-corrected chi connectivity index (χ0v) is 11.6. The number of anilines is 1. The Morgan fingerprint density at radius 2 is 2.32 bits per heavy atom. The van der Waals surface area contributed by atoms with Crippen LogP contribution in [0.5, 0.6) is 5.75 Å². The van der Waals surface area contributed by atoms with Gasteiger partial charge in [0.25, 0.3) is 0 Å². The number of phenols is 1. The van der Waals surface area contributed by atoms with Crippen molar-refractivity contribution < 1.29 is 9.90 Å². The summed E-state index contributed by atoms with van der Waals surface area (Å²) in [6.07, 6.45) is 2.75. The van der Waals surface area contributed by atoms with E-state index < -0.39 is 0 Å². The molecule has 4 heteroatoms. The van der Waals surface area contributed by atoms with Gasteiger partial charge in [-0.05, 0) is 44.9 Å². The van der Waals surface area contributed by atoms with E-state index in [1.54, 1.807) is 17.0 Å². The van der Waals surface area contributed by atoms with Crippen LogP contribution >= 0.6 is 0 Å². The molecule has 104 valence electrons. The predicted molar refractivity (Wildman–Crippen MR) is 76.5 cm³/mol. The fourth-order valence-corrected chi connectivity index (χ4v) is 2.62. The number of phenolic OH excluding ortho intramolecular Hbond substituents is 1. The first-order valence-electron chi connectivity index (χ1n) is 6.95. The first-order chi connectivity index (χ1) is 9.11. The highest BCUT2D eigenvalue weighted by Crippen LogP contribution is 2.26. The molecule has 2 rings (SSSR count). The van der Waals surface area contributed by atoms with Gasteiger partial charge in [0.15, 0.2) is 0 Å². The molecule has 1 aliphatic rings. The van der Waals surface area contributed by atoms with Crippen molar-refractivity contribution in [3.05, 3.63) is 23.8 Å². The summed E-state index contributed by atoms with van der Waals surface area (Å²) in [5.74, 6) is 0.321. The van der Waals surface area contributed by atoms with Crippen LogP contribution in [0.4, 0.5) is 5.69 Å². The van der Waals surface area contributed by atoms with Crippen LogP contribution in [0.1, 0.15) is 31.7 Å². The number of aryl methyl sites for hydroxylation is 1. The van der Waals surface area contributed by atoms with Gasteiger partial charge >= 0.3 is 0 Å². The summed E-state index contributed by atoms with van der Waals surface area (Å²) in [5, 5.41) is 12.9. The van der Waals surface area contributed by atoms with Gasteiger partial charge in [-0.2, -0.15) is 0 Å². The maximum Gasteiger partial charge on any atom is 0.228 e. The zero-order chi connectivity index (χ0) is 13.8.